The summed E-state index contributed by atoms with van der Waals surface area (Å²) in [7, 11) is -2.72. The van der Waals surface area contributed by atoms with Crippen LogP contribution in [-0.4, -0.2) is 50.9 Å². The summed E-state index contributed by atoms with van der Waals surface area (Å²) in [5.74, 6) is -0.460. The Labute approximate surface area is 250 Å². The Balaban J connectivity index is 1.69. The lowest BCUT2D eigenvalue weighted by atomic mass is 9.95. The lowest BCUT2D eigenvalue weighted by Crippen LogP contribution is -2.53. The summed E-state index contributed by atoms with van der Waals surface area (Å²) < 4.78 is 35.3. The predicted octanol–water partition coefficient (Wildman–Crippen LogP) is 5.52. The highest BCUT2D eigenvalue weighted by molar-refractivity contribution is 9.10. The molecule has 0 heterocycles. The van der Waals surface area contributed by atoms with Crippen LogP contribution in [0.2, 0.25) is 0 Å². The first kappa shape index (κ1) is 30.6. The van der Waals surface area contributed by atoms with Gasteiger partial charge in [0.15, 0.2) is 0 Å². The van der Waals surface area contributed by atoms with Crippen molar-refractivity contribution in [2.75, 3.05) is 18.0 Å². The Morgan fingerprint density at radius 1 is 0.976 bits per heavy atom. The van der Waals surface area contributed by atoms with Gasteiger partial charge in [-0.15, -0.1) is 0 Å². The molecular formula is C31H36BrN3O5S. The lowest BCUT2D eigenvalue weighted by molar-refractivity contribution is -0.139. The molecule has 1 aliphatic rings. The molecule has 8 nitrogen and oxygen atoms in total. The Hall–Kier alpha value is -3.37. The first-order valence-electron chi connectivity index (χ1n) is 13.8. The molecule has 4 rings (SSSR count). The maximum atomic E-state index is 14.1. The molecule has 0 aliphatic heterocycles. The first-order valence-corrected chi connectivity index (χ1v) is 16.0. The van der Waals surface area contributed by atoms with Crippen molar-refractivity contribution < 1.29 is 22.7 Å². The van der Waals surface area contributed by atoms with Crippen molar-refractivity contribution in [3.63, 3.8) is 0 Å². The average Bonchev–Trinajstić information content (AvgIpc) is 2.99. The van der Waals surface area contributed by atoms with Gasteiger partial charge in [-0.25, -0.2) is 8.42 Å². The summed E-state index contributed by atoms with van der Waals surface area (Å²) in [6.07, 6.45) is 5.10. The van der Waals surface area contributed by atoms with E-state index in [-0.39, 0.29) is 29.1 Å². The van der Waals surface area contributed by atoms with Gasteiger partial charge >= 0.3 is 0 Å². The molecule has 3 aromatic carbocycles. The molecule has 1 unspecified atom stereocenters. The van der Waals surface area contributed by atoms with Crippen LogP contribution in [0.25, 0.3) is 0 Å². The van der Waals surface area contributed by atoms with Gasteiger partial charge < -0.3 is 15.0 Å². The molecule has 0 bridgehead atoms. The molecule has 10 heteroatoms. The topological polar surface area (TPSA) is 96.0 Å². The van der Waals surface area contributed by atoms with Crippen molar-refractivity contribution in [1.82, 2.24) is 10.2 Å². The lowest BCUT2D eigenvalue weighted by Gasteiger charge is -2.33. The van der Waals surface area contributed by atoms with Crippen LogP contribution < -0.4 is 14.4 Å². The largest absolute Gasteiger partial charge is 0.495 e. The molecule has 0 aromatic heterocycles. The number of carbonyl (C=O) groups is 2. The minimum absolute atomic E-state index is 0.0420. The summed E-state index contributed by atoms with van der Waals surface area (Å²) in [6.45, 7) is 1.29. The number of hydrogen-bond acceptors (Lipinski definition) is 5. The fraction of sp³-hybridized carbons (Fsp3) is 0.355. The quantitative estimate of drug-likeness (QED) is 0.297. The smallest absolute Gasteiger partial charge is 0.264 e. The monoisotopic (exact) mass is 641 g/mol. The van der Waals surface area contributed by atoms with Gasteiger partial charge in [0.1, 0.15) is 18.3 Å². The summed E-state index contributed by atoms with van der Waals surface area (Å²) in [5.41, 5.74) is 1.04. The third kappa shape index (κ3) is 7.68. The highest BCUT2D eigenvalue weighted by atomic mass is 79.9. The molecule has 218 valence electrons. The van der Waals surface area contributed by atoms with Gasteiger partial charge in [-0.05, 0) is 61.7 Å². The van der Waals surface area contributed by atoms with E-state index < -0.39 is 28.5 Å². The van der Waals surface area contributed by atoms with Crippen molar-refractivity contribution >= 4 is 43.5 Å². The van der Waals surface area contributed by atoms with Crippen LogP contribution in [-0.2, 0) is 26.2 Å². The zero-order valence-electron chi connectivity index (χ0n) is 23.3. The number of sulfonamides is 1. The van der Waals surface area contributed by atoms with Crippen molar-refractivity contribution in [2.24, 2.45) is 0 Å². The van der Waals surface area contributed by atoms with Crippen LogP contribution in [0.1, 0.15) is 44.6 Å². The summed E-state index contributed by atoms with van der Waals surface area (Å²) >= 11 is 3.48. The molecule has 0 spiro atoms. The Morgan fingerprint density at radius 2 is 1.66 bits per heavy atom. The second-order valence-corrected chi connectivity index (χ2v) is 12.9. The molecule has 1 aliphatic carbocycles. The Kier molecular flexibility index (Phi) is 10.4. The molecule has 0 saturated heterocycles. The fourth-order valence-electron chi connectivity index (χ4n) is 5.05. The molecule has 1 fully saturated rings. The number of ether oxygens (including phenoxy) is 1. The van der Waals surface area contributed by atoms with E-state index in [4.69, 9.17) is 4.74 Å². The number of anilines is 1. The second-order valence-electron chi connectivity index (χ2n) is 10.2. The predicted molar refractivity (Wildman–Crippen MR) is 163 cm³/mol. The van der Waals surface area contributed by atoms with Crippen molar-refractivity contribution in [2.45, 2.75) is 62.6 Å². The van der Waals surface area contributed by atoms with E-state index in [1.54, 1.807) is 49.4 Å². The van der Waals surface area contributed by atoms with E-state index in [9.17, 15) is 18.0 Å². The van der Waals surface area contributed by atoms with Crippen LogP contribution in [0, 0.1) is 0 Å². The van der Waals surface area contributed by atoms with Crippen molar-refractivity contribution in [3.8, 4) is 5.75 Å². The number of nitrogens with one attached hydrogen (secondary N) is 1. The zero-order chi connectivity index (χ0) is 29.4. The molecule has 41 heavy (non-hydrogen) atoms. The number of benzene rings is 3. The number of hydrogen-bond donors (Lipinski definition) is 1. The highest BCUT2D eigenvalue weighted by Gasteiger charge is 2.34. The molecule has 0 radical (unpaired) electrons. The molecule has 1 N–H and O–H groups in total. The van der Waals surface area contributed by atoms with E-state index in [1.807, 2.05) is 24.3 Å². The van der Waals surface area contributed by atoms with Crippen molar-refractivity contribution in [1.29, 1.82) is 0 Å². The minimum Gasteiger partial charge on any atom is -0.495 e. The Morgan fingerprint density at radius 3 is 2.34 bits per heavy atom. The van der Waals surface area contributed by atoms with Gasteiger partial charge in [-0.2, -0.15) is 0 Å². The third-order valence-corrected chi connectivity index (χ3v) is 9.59. The minimum atomic E-state index is -4.17. The van der Waals surface area contributed by atoms with Crippen LogP contribution in [0.5, 0.6) is 5.75 Å². The molecule has 1 saturated carbocycles. The van der Waals surface area contributed by atoms with Crippen LogP contribution in [0.4, 0.5) is 5.69 Å². The Bertz CT molecular complexity index is 1440. The number of amides is 2. The normalized spacial score (nSPS) is 14.6. The van der Waals surface area contributed by atoms with Gasteiger partial charge in [0, 0.05) is 17.1 Å². The number of halogens is 1. The van der Waals surface area contributed by atoms with Gasteiger partial charge in [-0.3, -0.25) is 13.9 Å². The SMILES string of the molecule is COc1ccccc1N(CC(=O)N(Cc1cccc(Br)c1)C(C)C(=O)NC1CCCCC1)S(=O)(=O)c1ccccc1. The van der Waals surface area contributed by atoms with Crippen LogP contribution in [0.3, 0.4) is 0 Å². The summed E-state index contributed by atoms with van der Waals surface area (Å²) in [4.78, 5) is 29.0. The fourth-order valence-corrected chi connectivity index (χ4v) is 6.94. The standard InChI is InChI=1S/C31H36BrN3O5S/c1-23(31(37)33-26-14-5-3-6-15-26)34(21-24-12-11-13-25(32)20-24)30(36)22-35(28-18-9-10-19-29(28)40-2)41(38,39)27-16-7-4-8-17-27/h4,7-13,16-20,23,26H,3,5-6,14-15,21-22H2,1-2H3,(H,33,37). The molecule has 1 atom stereocenters. The first-order chi connectivity index (χ1) is 19.7. The number of methoxy groups -OCH3 is 1. The van der Waals surface area contributed by atoms with Crippen LogP contribution in [0.15, 0.2) is 88.2 Å². The summed E-state index contributed by atoms with van der Waals surface area (Å²) in [6, 6.07) is 21.4. The number of para-hydroxylation sites is 2. The number of nitrogens with zero attached hydrogens (tertiary/aromatic N) is 2. The third-order valence-electron chi connectivity index (χ3n) is 7.32. The average molecular weight is 643 g/mol. The highest BCUT2D eigenvalue weighted by Crippen LogP contribution is 2.32. The zero-order valence-corrected chi connectivity index (χ0v) is 25.7. The van der Waals surface area contributed by atoms with Gasteiger partial charge in [0.2, 0.25) is 11.8 Å². The van der Waals surface area contributed by atoms with Gasteiger partial charge in [0.05, 0.1) is 17.7 Å². The van der Waals surface area contributed by atoms with E-state index in [0.717, 1.165) is 46.4 Å². The number of rotatable bonds is 11. The van der Waals surface area contributed by atoms with E-state index >= 15 is 0 Å². The van der Waals surface area contributed by atoms with E-state index in [0.29, 0.717) is 5.75 Å². The van der Waals surface area contributed by atoms with Crippen molar-refractivity contribution in [3.05, 3.63) is 88.9 Å². The van der Waals surface area contributed by atoms with Gasteiger partial charge in [-0.1, -0.05) is 77.7 Å². The maximum Gasteiger partial charge on any atom is 0.264 e. The van der Waals surface area contributed by atoms with Gasteiger partial charge in [0.25, 0.3) is 10.0 Å². The second kappa shape index (κ2) is 14.0. The maximum absolute atomic E-state index is 14.1. The molecular weight excluding hydrogens is 606 g/mol. The number of carbonyl (C=O) groups excluding carboxylic acids is 2. The van der Waals surface area contributed by atoms with E-state index in [1.165, 1.54) is 24.1 Å². The summed E-state index contributed by atoms with van der Waals surface area (Å²) in [5, 5.41) is 3.12. The molecule has 2 amide bonds. The van der Waals surface area contributed by atoms with E-state index in [2.05, 4.69) is 21.2 Å². The molecule has 3 aromatic rings. The van der Waals surface area contributed by atoms with Crippen LogP contribution >= 0.6 is 15.9 Å².